The van der Waals surface area contributed by atoms with Crippen LogP contribution in [0.4, 0.5) is 5.69 Å². The molecule has 2 aromatic rings. The normalized spacial score (nSPS) is 22.5. The molecule has 4 rings (SSSR count). The van der Waals surface area contributed by atoms with Crippen LogP contribution in [0.25, 0.3) is 0 Å². The summed E-state index contributed by atoms with van der Waals surface area (Å²) in [6, 6.07) is 20.4. The molecule has 2 unspecified atom stereocenters. The summed E-state index contributed by atoms with van der Waals surface area (Å²) in [6.45, 7) is 2.04. The van der Waals surface area contributed by atoms with Crippen LogP contribution in [0.1, 0.15) is 24.8 Å². The van der Waals surface area contributed by atoms with Gasteiger partial charge in [-0.3, -0.25) is 0 Å². The molecule has 0 radical (unpaired) electrons. The van der Waals surface area contributed by atoms with Crippen LogP contribution in [0.15, 0.2) is 86.2 Å². The van der Waals surface area contributed by atoms with Crippen molar-refractivity contribution in [1.29, 1.82) is 0 Å². The largest absolute Gasteiger partial charge is 0.238 e. The SMILES string of the molecule is CC1=NN(c2ccccc2)C(N=NC2=NN=CC2)C1c1ccccc1. The number of anilines is 1. The molecule has 0 aromatic heterocycles. The number of nitrogens with zero attached hydrogens (tertiary/aromatic N) is 6. The average Bonchev–Trinajstić information content (AvgIpc) is 3.29. The van der Waals surface area contributed by atoms with Gasteiger partial charge < -0.3 is 0 Å². The Morgan fingerprint density at radius 1 is 1.00 bits per heavy atom. The maximum atomic E-state index is 4.77. The van der Waals surface area contributed by atoms with Crippen LogP contribution in [0.2, 0.25) is 0 Å². The Morgan fingerprint density at radius 3 is 2.40 bits per heavy atom. The Labute approximate surface area is 146 Å². The number of hydrazone groups is 1. The van der Waals surface area contributed by atoms with Gasteiger partial charge in [-0.05, 0) is 24.6 Å². The molecule has 0 spiro atoms. The van der Waals surface area contributed by atoms with Gasteiger partial charge in [-0.1, -0.05) is 48.5 Å². The fourth-order valence-electron chi connectivity index (χ4n) is 3.09. The molecule has 0 saturated carbocycles. The second kappa shape index (κ2) is 6.76. The van der Waals surface area contributed by atoms with Crippen LogP contribution in [0.5, 0.6) is 0 Å². The lowest BCUT2D eigenvalue weighted by Crippen LogP contribution is -2.30. The highest BCUT2D eigenvalue weighted by atomic mass is 15.6. The van der Waals surface area contributed by atoms with Crippen molar-refractivity contribution in [3.8, 4) is 0 Å². The Morgan fingerprint density at radius 2 is 1.72 bits per heavy atom. The van der Waals surface area contributed by atoms with E-state index in [1.165, 1.54) is 5.56 Å². The third-order valence-electron chi connectivity index (χ3n) is 4.26. The lowest BCUT2D eigenvalue weighted by molar-refractivity contribution is 0.611. The molecule has 25 heavy (non-hydrogen) atoms. The number of rotatable bonds is 3. The smallest absolute Gasteiger partial charge is 0.178 e. The van der Waals surface area contributed by atoms with E-state index >= 15 is 0 Å². The third kappa shape index (κ3) is 3.10. The maximum Gasteiger partial charge on any atom is 0.178 e. The number of azo groups is 1. The lowest BCUT2D eigenvalue weighted by atomic mass is 9.93. The van der Waals surface area contributed by atoms with Gasteiger partial charge in [-0.15, -0.1) is 10.2 Å². The zero-order valence-electron chi connectivity index (χ0n) is 13.9. The van der Waals surface area contributed by atoms with Gasteiger partial charge >= 0.3 is 0 Å². The van der Waals surface area contributed by atoms with Gasteiger partial charge in [0, 0.05) is 18.3 Å². The number of hydrogen-bond donors (Lipinski definition) is 0. The second-order valence-corrected chi connectivity index (χ2v) is 5.96. The third-order valence-corrected chi connectivity index (χ3v) is 4.26. The molecule has 0 saturated heterocycles. The minimum absolute atomic E-state index is 0.0491. The van der Waals surface area contributed by atoms with E-state index < -0.39 is 0 Å². The highest BCUT2D eigenvalue weighted by molar-refractivity contribution is 5.97. The first kappa shape index (κ1) is 15.4. The molecule has 2 aliphatic heterocycles. The van der Waals surface area contributed by atoms with Crippen LogP contribution in [0.3, 0.4) is 0 Å². The molecule has 0 aliphatic carbocycles. The predicted octanol–water partition coefficient (Wildman–Crippen LogP) is 4.23. The topological polar surface area (TPSA) is 65.0 Å². The van der Waals surface area contributed by atoms with Crippen molar-refractivity contribution in [1.82, 2.24) is 0 Å². The molecule has 2 aliphatic rings. The van der Waals surface area contributed by atoms with E-state index in [0.717, 1.165) is 11.4 Å². The highest BCUT2D eigenvalue weighted by Gasteiger charge is 2.37. The summed E-state index contributed by atoms with van der Waals surface area (Å²) in [6.07, 6.45) is 2.11. The summed E-state index contributed by atoms with van der Waals surface area (Å²) in [5.74, 6) is 0.678. The quantitative estimate of drug-likeness (QED) is 0.777. The zero-order valence-corrected chi connectivity index (χ0v) is 13.9. The second-order valence-electron chi connectivity index (χ2n) is 5.96. The summed E-state index contributed by atoms with van der Waals surface area (Å²) in [7, 11) is 0. The molecule has 2 atom stereocenters. The number of amidine groups is 1. The molecule has 0 bridgehead atoms. The minimum atomic E-state index is -0.242. The Kier molecular flexibility index (Phi) is 4.16. The van der Waals surface area contributed by atoms with Gasteiger partial charge in [0.25, 0.3) is 0 Å². The fourth-order valence-corrected chi connectivity index (χ4v) is 3.09. The van der Waals surface area contributed by atoms with E-state index in [1.807, 2.05) is 60.5 Å². The van der Waals surface area contributed by atoms with E-state index in [1.54, 1.807) is 6.21 Å². The standard InChI is InChI=1S/C19H18N6/c1-14-18(15-8-4-2-5-9-15)19(23-22-17-12-13-20-21-17)25(24-14)16-10-6-3-7-11-16/h2-11,13,18-19H,12H2,1H3. The van der Waals surface area contributed by atoms with E-state index in [9.17, 15) is 0 Å². The summed E-state index contributed by atoms with van der Waals surface area (Å²) in [5.41, 5.74) is 3.19. The van der Waals surface area contributed by atoms with Crippen molar-refractivity contribution in [2.75, 3.05) is 5.01 Å². The molecule has 0 N–H and O–H groups in total. The van der Waals surface area contributed by atoms with E-state index in [-0.39, 0.29) is 12.1 Å². The van der Waals surface area contributed by atoms with Crippen LogP contribution in [-0.2, 0) is 0 Å². The number of para-hydroxylation sites is 1. The minimum Gasteiger partial charge on any atom is -0.238 e. The molecular weight excluding hydrogens is 312 g/mol. The first-order valence-corrected chi connectivity index (χ1v) is 8.26. The van der Waals surface area contributed by atoms with Crippen LogP contribution < -0.4 is 5.01 Å². The summed E-state index contributed by atoms with van der Waals surface area (Å²) in [4.78, 5) is 0. The van der Waals surface area contributed by atoms with Crippen molar-refractivity contribution in [3.63, 3.8) is 0 Å². The Hall–Kier alpha value is -3.15. The van der Waals surface area contributed by atoms with Gasteiger partial charge in [-0.2, -0.15) is 15.3 Å². The first-order chi connectivity index (χ1) is 12.3. The van der Waals surface area contributed by atoms with E-state index in [4.69, 9.17) is 5.10 Å². The van der Waals surface area contributed by atoms with Gasteiger partial charge in [0.1, 0.15) is 0 Å². The highest BCUT2D eigenvalue weighted by Crippen LogP contribution is 2.35. The fraction of sp³-hybridized carbons (Fsp3) is 0.211. The van der Waals surface area contributed by atoms with Gasteiger partial charge in [0.15, 0.2) is 12.0 Å². The Balaban J connectivity index is 1.71. The predicted molar refractivity (Wildman–Crippen MR) is 100 cm³/mol. The van der Waals surface area contributed by atoms with Crippen molar-refractivity contribution in [2.45, 2.75) is 25.4 Å². The number of hydrogen-bond acceptors (Lipinski definition) is 6. The van der Waals surface area contributed by atoms with Gasteiger partial charge in [0.2, 0.25) is 0 Å². The van der Waals surface area contributed by atoms with Crippen molar-refractivity contribution in [2.24, 2.45) is 25.5 Å². The molecule has 6 nitrogen and oxygen atoms in total. The Bertz CT molecular complexity index is 854. The maximum absolute atomic E-state index is 4.77. The molecule has 0 amide bonds. The van der Waals surface area contributed by atoms with E-state index in [2.05, 4.69) is 32.6 Å². The summed E-state index contributed by atoms with van der Waals surface area (Å²) in [5, 5.41) is 23.5. The van der Waals surface area contributed by atoms with Gasteiger partial charge in [-0.25, -0.2) is 5.01 Å². The van der Waals surface area contributed by atoms with Crippen LogP contribution in [-0.4, -0.2) is 23.9 Å². The van der Waals surface area contributed by atoms with Crippen LogP contribution in [0, 0.1) is 0 Å². The van der Waals surface area contributed by atoms with Gasteiger partial charge in [0.05, 0.1) is 11.6 Å². The van der Waals surface area contributed by atoms with Crippen LogP contribution >= 0.6 is 0 Å². The monoisotopic (exact) mass is 330 g/mol. The molecule has 2 heterocycles. The molecule has 124 valence electrons. The molecular formula is C19H18N6. The lowest BCUT2D eigenvalue weighted by Gasteiger charge is -2.24. The first-order valence-electron chi connectivity index (χ1n) is 8.26. The summed E-state index contributed by atoms with van der Waals surface area (Å²) >= 11 is 0. The molecule has 6 heteroatoms. The average molecular weight is 330 g/mol. The zero-order chi connectivity index (χ0) is 17.1. The van der Waals surface area contributed by atoms with Crippen molar-refractivity contribution < 1.29 is 0 Å². The molecule has 0 fully saturated rings. The molecule has 2 aromatic carbocycles. The number of benzene rings is 2. The summed E-state index contributed by atoms with van der Waals surface area (Å²) < 4.78 is 0. The van der Waals surface area contributed by atoms with Crippen molar-refractivity contribution in [3.05, 3.63) is 66.2 Å². The van der Waals surface area contributed by atoms with E-state index in [0.29, 0.717) is 12.3 Å². The van der Waals surface area contributed by atoms with Crippen molar-refractivity contribution >= 4 is 23.4 Å².